The Morgan fingerprint density at radius 1 is 0.508 bits per heavy atom. The summed E-state index contributed by atoms with van der Waals surface area (Å²) in [5, 5.41) is 9.63. The Morgan fingerprint density at radius 3 is 1.43 bits per heavy atom. The van der Waals surface area contributed by atoms with Crippen molar-refractivity contribution in [1.82, 2.24) is 0 Å². The lowest BCUT2D eigenvalue weighted by Crippen LogP contribution is -2.40. The molecule has 0 radical (unpaired) electrons. The maximum atomic E-state index is 12.8. The van der Waals surface area contributed by atoms with Gasteiger partial charge in [0.1, 0.15) is 13.2 Å². The predicted octanol–water partition coefficient (Wildman–Crippen LogP) is 12.7. The Balaban J connectivity index is 4.46. The molecule has 0 fully saturated rings. The van der Waals surface area contributed by atoms with Crippen molar-refractivity contribution in [1.29, 1.82) is 0 Å². The Hall–Kier alpha value is -3.79. The zero-order valence-electron chi connectivity index (χ0n) is 39.0. The molecular weight excluding hydrogens is 767 g/mol. The fraction of sp³-hybridized carbons (Fsp3) is 0.635. The Morgan fingerprint density at radius 2 is 0.934 bits per heavy atom. The van der Waals surface area contributed by atoms with Gasteiger partial charge in [-0.25, -0.2) is 4.79 Å². The van der Waals surface area contributed by atoms with Gasteiger partial charge in [-0.15, -0.1) is 0 Å². The number of nitrogens with zero attached hydrogens (tertiary/aromatic N) is 1. The van der Waals surface area contributed by atoms with Crippen LogP contribution in [0.3, 0.4) is 0 Å². The molecule has 0 aliphatic carbocycles. The number of carboxylic acid groups (broad SMARTS) is 1. The molecule has 0 aliphatic heterocycles. The summed E-state index contributed by atoms with van der Waals surface area (Å²) in [5.74, 6) is -2.08. The van der Waals surface area contributed by atoms with Gasteiger partial charge in [0.2, 0.25) is 0 Å². The summed E-state index contributed by atoms with van der Waals surface area (Å²) in [5.41, 5.74) is 0. The van der Waals surface area contributed by atoms with Gasteiger partial charge in [0, 0.05) is 12.8 Å². The Kier molecular flexibility index (Phi) is 40.2. The predicted molar refractivity (Wildman–Crippen MR) is 253 cm³/mol. The molecule has 2 unspecified atom stereocenters. The molecule has 346 valence electrons. The topological polar surface area (TPSA) is 108 Å². The van der Waals surface area contributed by atoms with Crippen LogP contribution in [0.25, 0.3) is 0 Å². The van der Waals surface area contributed by atoms with Gasteiger partial charge in [-0.05, 0) is 89.9 Å². The van der Waals surface area contributed by atoms with Crippen molar-refractivity contribution < 1.29 is 42.9 Å². The van der Waals surface area contributed by atoms with Crippen LogP contribution in [-0.4, -0.2) is 87.4 Å². The highest BCUT2D eigenvalue weighted by molar-refractivity contribution is 5.71. The number of carbonyl (C=O) groups excluding carboxylic acids is 2. The zero-order chi connectivity index (χ0) is 44.9. The molecule has 0 amide bonds. The quantitative estimate of drug-likeness (QED) is 0.0213. The minimum atomic E-state index is -1.53. The molecule has 1 N–H and O–H groups in total. The van der Waals surface area contributed by atoms with E-state index in [9.17, 15) is 19.5 Å². The molecule has 2 atom stereocenters. The Bertz CT molecular complexity index is 1320. The number of aliphatic carboxylic acids is 1. The van der Waals surface area contributed by atoms with Crippen molar-refractivity contribution in [3.05, 3.63) is 97.2 Å². The number of rotatable bonds is 41. The van der Waals surface area contributed by atoms with E-state index in [1.165, 1.54) is 12.8 Å². The average Bonchev–Trinajstić information content (AvgIpc) is 3.22. The summed E-state index contributed by atoms with van der Waals surface area (Å²) in [6, 6.07) is 0. The third-order valence-electron chi connectivity index (χ3n) is 9.32. The van der Waals surface area contributed by atoms with Crippen LogP contribution in [0.5, 0.6) is 0 Å². The lowest BCUT2D eigenvalue weighted by atomic mass is 10.1. The minimum absolute atomic E-state index is 0.174. The second kappa shape index (κ2) is 42.9. The second-order valence-electron chi connectivity index (χ2n) is 16.3. The molecule has 0 saturated heterocycles. The van der Waals surface area contributed by atoms with Gasteiger partial charge in [-0.3, -0.25) is 9.59 Å². The van der Waals surface area contributed by atoms with E-state index < -0.39 is 24.3 Å². The molecular formula is C52H86NO8+. The fourth-order valence-electron chi connectivity index (χ4n) is 5.68. The SMILES string of the molecule is CC/C=C\C/C=C\C/C=C\C/C=C\C/C=C\C/C=C\C/C=C\CCCCCC(=O)OC(COC(=O)CCCCCCC/C=C\CCCC)COC(OCC[N+](C)(C)C)C(=O)O. The molecule has 0 aliphatic rings. The summed E-state index contributed by atoms with van der Waals surface area (Å²) < 4.78 is 22.7. The van der Waals surface area contributed by atoms with E-state index in [1.807, 2.05) is 21.1 Å². The summed E-state index contributed by atoms with van der Waals surface area (Å²) in [6.45, 7) is 4.63. The molecule has 0 heterocycles. The van der Waals surface area contributed by atoms with Crippen molar-refractivity contribution in [3.8, 4) is 0 Å². The first kappa shape index (κ1) is 57.2. The highest BCUT2D eigenvalue weighted by Gasteiger charge is 2.25. The largest absolute Gasteiger partial charge is 0.477 e. The molecule has 0 aromatic rings. The van der Waals surface area contributed by atoms with E-state index in [0.29, 0.717) is 17.4 Å². The van der Waals surface area contributed by atoms with Crippen LogP contribution in [0.2, 0.25) is 0 Å². The molecule has 9 heteroatoms. The third-order valence-corrected chi connectivity index (χ3v) is 9.32. The molecule has 0 saturated carbocycles. The molecule has 9 nitrogen and oxygen atoms in total. The van der Waals surface area contributed by atoms with Gasteiger partial charge in [-0.2, -0.15) is 0 Å². The first-order valence-corrected chi connectivity index (χ1v) is 23.4. The van der Waals surface area contributed by atoms with Crippen molar-refractivity contribution in [2.45, 2.75) is 167 Å². The van der Waals surface area contributed by atoms with Crippen LogP contribution >= 0.6 is 0 Å². The van der Waals surface area contributed by atoms with Gasteiger partial charge in [-0.1, -0.05) is 150 Å². The van der Waals surface area contributed by atoms with Crippen LogP contribution in [0.15, 0.2) is 97.2 Å². The first-order chi connectivity index (χ1) is 29.6. The van der Waals surface area contributed by atoms with Crippen LogP contribution in [0.4, 0.5) is 0 Å². The second-order valence-corrected chi connectivity index (χ2v) is 16.3. The number of allylic oxidation sites excluding steroid dienone is 16. The molecule has 0 aromatic heterocycles. The smallest absolute Gasteiger partial charge is 0.361 e. The molecule has 0 bridgehead atoms. The molecule has 0 rings (SSSR count). The summed E-state index contributed by atoms with van der Waals surface area (Å²) >= 11 is 0. The van der Waals surface area contributed by atoms with Gasteiger partial charge >= 0.3 is 17.9 Å². The maximum Gasteiger partial charge on any atom is 0.361 e. The van der Waals surface area contributed by atoms with E-state index in [2.05, 4.69) is 111 Å². The van der Waals surface area contributed by atoms with Crippen LogP contribution < -0.4 is 0 Å². The number of likely N-dealkylation sites (N-methyl/N-ethyl adjacent to an activating group) is 1. The Labute approximate surface area is 372 Å². The fourth-order valence-corrected chi connectivity index (χ4v) is 5.68. The number of carbonyl (C=O) groups is 3. The van der Waals surface area contributed by atoms with Gasteiger partial charge in [0.05, 0.1) is 34.4 Å². The number of ether oxygens (including phenoxy) is 4. The summed E-state index contributed by atoms with van der Waals surface area (Å²) in [7, 11) is 5.93. The molecule has 0 aromatic carbocycles. The number of hydrogen-bond acceptors (Lipinski definition) is 7. The summed E-state index contributed by atoms with van der Waals surface area (Å²) in [6.07, 6.45) is 53.3. The monoisotopic (exact) mass is 853 g/mol. The summed E-state index contributed by atoms with van der Waals surface area (Å²) in [4.78, 5) is 37.1. The standard InChI is InChI=1S/C52H85NO8/c1-6-8-10-12-14-16-18-19-20-21-22-23-24-25-26-27-28-29-30-31-33-35-37-39-41-43-50(55)61-48(47-60-52(51(56)57)58-45-44-53(3,4)5)46-59-49(54)42-40-38-36-34-32-17-15-13-11-9-7-2/h8,10,13-16,19-20,22-23,25-26,28-29,31,33,48,52H,6-7,9,11-12,17-18,21,24,27,30,32,34-47H2,1-5H3/p+1/b10-8-,15-13-,16-14-,20-19-,23-22-,26-25-,29-28-,33-31-. The van der Waals surface area contributed by atoms with E-state index in [4.69, 9.17) is 18.9 Å². The van der Waals surface area contributed by atoms with Crippen LogP contribution in [0.1, 0.15) is 155 Å². The van der Waals surface area contributed by atoms with E-state index in [1.54, 1.807) is 0 Å². The normalized spacial score (nSPS) is 13.8. The van der Waals surface area contributed by atoms with Crippen molar-refractivity contribution in [2.24, 2.45) is 0 Å². The lowest BCUT2D eigenvalue weighted by molar-refractivity contribution is -0.870. The van der Waals surface area contributed by atoms with Crippen LogP contribution in [-0.2, 0) is 33.3 Å². The van der Waals surface area contributed by atoms with E-state index >= 15 is 0 Å². The third kappa shape index (κ3) is 44.1. The van der Waals surface area contributed by atoms with Crippen molar-refractivity contribution in [2.75, 3.05) is 47.5 Å². The highest BCUT2D eigenvalue weighted by Crippen LogP contribution is 2.12. The first-order valence-electron chi connectivity index (χ1n) is 23.4. The molecule has 0 spiro atoms. The number of esters is 2. The highest BCUT2D eigenvalue weighted by atomic mass is 16.7. The maximum absolute atomic E-state index is 12.8. The number of carboxylic acids is 1. The van der Waals surface area contributed by atoms with Crippen LogP contribution in [0, 0.1) is 0 Å². The van der Waals surface area contributed by atoms with E-state index in [-0.39, 0.29) is 38.6 Å². The average molecular weight is 853 g/mol. The molecule has 61 heavy (non-hydrogen) atoms. The van der Waals surface area contributed by atoms with Gasteiger partial charge in [0.25, 0.3) is 6.29 Å². The number of unbranched alkanes of at least 4 members (excludes halogenated alkanes) is 10. The van der Waals surface area contributed by atoms with Crippen molar-refractivity contribution in [3.63, 3.8) is 0 Å². The van der Waals surface area contributed by atoms with Gasteiger partial charge in [0.15, 0.2) is 6.10 Å². The van der Waals surface area contributed by atoms with E-state index in [0.717, 1.165) is 109 Å². The van der Waals surface area contributed by atoms with Gasteiger partial charge < -0.3 is 28.5 Å². The number of hydrogen-bond donors (Lipinski definition) is 1. The number of quaternary nitrogens is 1. The zero-order valence-corrected chi connectivity index (χ0v) is 39.0. The lowest BCUT2D eigenvalue weighted by Gasteiger charge is -2.25. The van der Waals surface area contributed by atoms with Crippen molar-refractivity contribution >= 4 is 17.9 Å². The minimum Gasteiger partial charge on any atom is -0.477 e.